The molecule has 1 N–H and O–H groups in total. The van der Waals surface area contributed by atoms with Crippen LogP contribution in [0.4, 0.5) is 10.6 Å². The predicted octanol–water partition coefficient (Wildman–Crippen LogP) is 2.65. The largest absolute Gasteiger partial charge is 0.465 e. The summed E-state index contributed by atoms with van der Waals surface area (Å²) in [5.74, 6) is 0.671. The molecule has 0 aliphatic carbocycles. The van der Waals surface area contributed by atoms with E-state index >= 15 is 0 Å². The molecule has 23 heavy (non-hydrogen) atoms. The number of fused-ring (bicyclic) bond motifs is 1. The molecule has 1 aliphatic heterocycles. The lowest BCUT2D eigenvalue weighted by Gasteiger charge is -2.26. The molecule has 1 fully saturated rings. The van der Waals surface area contributed by atoms with Gasteiger partial charge in [-0.3, -0.25) is 4.98 Å². The molecule has 1 aliphatic rings. The van der Waals surface area contributed by atoms with Crippen LogP contribution in [0.3, 0.4) is 0 Å². The molecule has 122 valence electrons. The SMILES string of the molecule is CCCN(C(=O)O)C1CCN(c2nc(Cl)nc3cccnc23)C1. The van der Waals surface area contributed by atoms with Crippen LogP contribution < -0.4 is 4.90 Å². The molecule has 1 saturated heterocycles. The van der Waals surface area contributed by atoms with Gasteiger partial charge >= 0.3 is 6.09 Å². The molecule has 0 radical (unpaired) electrons. The average Bonchev–Trinajstić information content (AvgIpc) is 3.00. The van der Waals surface area contributed by atoms with Crippen molar-refractivity contribution in [1.82, 2.24) is 19.9 Å². The first-order valence-electron chi connectivity index (χ1n) is 7.63. The lowest BCUT2D eigenvalue weighted by atomic mass is 10.2. The second-order valence-electron chi connectivity index (χ2n) is 5.55. The number of nitrogens with zero attached hydrogens (tertiary/aromatic N) is 5. The van der Waals surface area contributed by atoms with Gasteiger partial charge in [-0.1, -0.05) is 6.92 Å². The van der Waals surface area contributed by atoms with E-state index in [1.807, 2.05) is 17.9 Å². The first-order chi connectivity index (χ1) is 11.1. The Bertz CT molecular complexity index is 726. The quantitative estimate of drug-likeness (QED) is 0.865. The summed E-state index contributed by atoms with van der Waals surface area (Å²) in [6.45, 7) is 3.82. The van der Waals surface area contributed by atoms with Crippen molar-refractivity contribution < 1.29 is 9.90 Å². The lowest BCUT2D eigenvalue weighted by Crippen LogP contribution is -2.41. The van der Waals surface area contributed by atoms with E-state index < -0.39 is 6.09 Å². The Morgan fingerprint density at radius 1 is 1.52 bits per heavy atom. The number of pyridine rings is 1. The Labute approximate surface area is 138 Å². The fraction of sp³-hybridized carbons (Fsp3) is 0.467. The highest BCUT2D eigenvalue weighted by atomic mass is 35.5. The van der Waals surface area contributed by atoms with Crippen molar-refractivity contribution in [3.63, 3.8) is 0 Å². The number of halogens is 1. The van der Waals surface area contributed by atoms with Gasteiger partial charge in [-0.2, -0.15) is 4.98 Å². The van der Waals surface area contributed by atoms with Gasteiger partial charge in [0.25, 0.3) is 0 Å². The summed E-state index contributed by atoms with van der Waals surface area (Å²) in [5, 5.41) is 9.56. The molecule has 7 nitrogen and oxygen atoms in total. The second-order valence-corrected chi connectivity index (χ2v) is 5.89. The van der Waals surface area contributed by atoms with Crippen LogP contribution in [-0.4, -0.2) is 56.7 Å². The molecule has 1 amide bonds. The van der Waals surface area contributed by atoms with Crippen LogP contribution in [0.25, 0.3) is 11.0 Å². The topological polar surface area (TPSA) is 82.5 Å². The zero-order valence-electron chi connectivity index (χ0n) is 12.8. The highest BCUT2D eigenvalue weighted by Crippen LogP contribution is 2.28. The smallest absolute Gasteiger partial charge is 0.407 e. The zero-order valence-corrected chi connectivity index (χ0v) is 13.6. The number of carbonyl (C=O) groups is 1. The Balaban J connectivity index is 1.88. The third kappa shape index (κ3) is 3.14. The van der Waals surface area contributed by atoms with Crippen molar-refractivity contribution in [2.24, 2.45) is 0 Å². The van der Waals surface area contributed by atoms with Gasteiger partial charge < -0.3 is 14.9 Å². The molecule has 2 aromatic heterocycles. The number of hydrogen-bond acceptors (Lipinski definition) is 5. The number of carboxylic acid groups (broad SMARTS) is 1. The summed E-state index contributed by atoms with van der Waals surface area (Å²) in [5.41, 5.74) is 1.38. The van der Waals surface area contributed by atoms with E-state index in [1.165, 1.54) is 4.90 Å². The molecule has 3 heterocycles. The molecular weight excluding hydrogens is 318 g/mol. The summed E-state index contributed by atoms with van der Waals surface area (Å²) in [4.78, 5) is 27.8. The van der Waals surface area contributed by atoms with Crippen LogP contribution in [0, 0.1) is 0 Å². The Hall–Kier alpha value is -2.15. The van der Waals surface area contributed by atoms with Crippen molar-refractivity contribution in [3.05, 3.63) is 23.6 Å². The Kier molecular flexibility index (Phi) is 4.47. The third-order valence-electron chi connectivity index (χ3n) is 4.02. The van der Waals surface area contributed by atoms with E-state index in [-0.39, 0.29) is 11.3 Å². The van der Waals surface area contributed by atoms with E-state index in [0.717, 1.165) is 19.4 Å². The van der Waals surface area contributed by atoms with Crippen LogP contribution in [0.1, 0.15) is 19.8 Å². The van der Waals surface area contributed by atoms with Gasteiger partial charge in [0.2, 0.25) is 5.28 Å². The maximum atomic E-state index is 11.4. The molecule has 0 aromatic carbocycles. The van der Waals surface area contributed by atoms with Crippen molar-refractivity contribution in [1.29, 1.82) is 0 Å². The van der Waals surface area contributed by atoms with E-state index in [0.29, 0.717) is 29.9 Å². The number of aromatic nitrogens is 3. The summed E-state index contributed by atoms with van der Waals surface area (Å²) < 4.78 is 0. The minimum absolute atomic E-state index is 0.0417. The fourth-order valence-electron chi connectivity index (χ4n) is 3.01. The summed E-state index contributed by atoms with van der Waals surface area (Å²) in [7, 11) is 0. The Morgan fingerprint density at radius 3 is 3.09 bits per heavy atom. The minimum atomic E-state index is -0.873. The normalized spacial score (nSPS) is 17.7. The first kappa shape index (κ1) is 15.7. The minimum Gasteiger partial charge on any atom is -0.465 e. The van der Waals surface area contributed by atoms with Crippen LogP contribution in [0.2, 0.25) is 5.28 Å². The highest BCUT2D eigenvalue weighted by molar-refractivity contribution is 6.28. The van der Waals surface area contributed by atoms with Crippen LogP contribution in [0.15, 0.2) is 18.3 Å². The number of hydrogen-bond donors (Lipinski definition) is 1. The summed E-state index contributed by atoms with van der Waals surface area (Å²) in [6, 6.07) is 3.60. The van der Waals surface area contributed by atoms with Crippen LogP contribution >= 0.6 is 11.6 Å². The van der Waals surface area contributed by atoms with Gasteiger partial charge in [0, 0.05) is 25.8 Å². The molecule has 0 saturated carbocycles. The molecule has 2 aromatic rings. The monoisotopic (exact) mass is 335 g/mol. The molecule has 0 spiro atoms. The van der Waals surface area contributed by atoms with Crippen LogP contribution in [0.5, 0.6) is 0 Å². The van der Waals surface area contributed by atoms with Gasteiger partial charge in [-0.15, -0.1) is 0 Å². The standard InChI is InChI=1S/C15H18ClN5O2/c1-2-7-21(15(22)23)10-5-8-20(9-10)13-12-11(4-3-6-17-12)18-14(16)19-13/h3-4,6,10H,2,5,7-9H2,1H3,(H,22,23). The zero-order chi connectivity index (χ0) is 16.4. The Morgan fingerprint density at radius 2 is 2.35 bits per heavy atom. The van der Waals surface area contributed by atoms with Gasteiger partial charge in [0.05, 0.1) is 11.6 Å². The van der Waals surface area contributed by atoms with Crippen LogP contribution in [-0.2, 0) is 0 Å². The van der Waals surface area contributed by atoms with E-state index in [2.05, 4.69) is 15.0 Å². The molecule has 0 bridgehead atoms. The number of amides is 1. The van der Waals surface area contributed by atoms with Crippen molar-refractivity contribution in [2.75, 3.05) is 24.5 Å². The van der Waals surface area contributed by atoms with E-state index in [9.17, 15) is 9.90 Å². The van der Waals surface area contributed by atoms with Crippen molar-refractivity contribution in [3.8, 4) is 0 Å². The highest BCUT2D eigenvalue weighted by Gasteiger charge is 2.32. The maximum Gasteiger partial charge on any atom is 0.407 e. The summed E-state index contributed by atoms with van der Waals surface area (Å²) >= 11 is 6.02. The predicted molar refractivity (Wildman–Crippen MR) is 88.0 cm³/mol. The average molecular weight is 336 g/mol. The molecular formula is C15H18ClN5O2. The van der Waals surface area contributed by atoms with Gasteiger partial charge in [-0.25, -0.2) is 9.78 Å². The van der Waals surface area contributed by atoms with Crippen molar-refractivity contribution >= 4 is 34.5 Å². The second kappa shape index (κ2) is 6.54. The first-order valence-corrected chi connectivity index (χ1v) is 8.00. The van der Waals surface area contributed by atoms with Crippen molar-refractivity contribution in [2.45, 2.75) is 25.8 Å². The van der Waals surface area contributed by atoms with Gasteiger partial charge in [0.1, 0.15) is 5.52 Å². The summed E-state index contributed by atoms with van der Waals surface area (Å²) in [6.07, 6.45) is 2.38. The third-order valence-corrected chi connectivity index (χ3v) is 4.19. The molecule has 8 heteroatoms. The van der Waals surface area contributed by atoms with E-state index in [4.69, 9.17) is 11.6 Å². The van der Waals surface area contributed by atoms with E-state index in [1.54, 1.807) is 12.3 Å². The molecule has 1 atom stereocenters. The van der Waals surface area contributed by atoms with Gasteiger partial charge in [0.15, 0.2) is 5.82 Å². The van der Waals surface area contributed by atoms with Gasteiger partial charge in [-0.05, 0) is 36.6 Å². The molecule has 3 rings (SSSR count). The lowest BCUT2D eigenvalue weighted by molar-refractivity contribution is 0.128. The maximum absolute atomic E-state index is 11.4. The fourth-order valence-corrected chi connectivity index (χ4v) is 3.18. The molecule has 1 unspecified atom stereocenters. The number of rotatable bonds is 4. The number of anilines is 1.